The number of aromatic nitrogens is 1. The highest BCUT2D eigenvalue weighted by molar-refractivity contribution is 7.86. The van der Waals surface area contributed by atoms with Gasteiger partial charge in [0, 0.05) is 30.6 Å². The zero-order chi connectivity index (χ0) is 14.8. The Morgan fingerprint density at radius 2 is 2.30 bits per heavy atom. The summed E-state index contributed by atoms with van der Waals surface area (Å²) in [6.45, 7) is 0.499. The molecule has 6 nitrogen and oxygen atoms in total. The maximum absolute atomic E-state index is 12.7. The van der Waals surface area contributed by atoms with E-state index in [1.807, 2.05) is 0 Å². The highest BCUT2D eigenvalue weighted by Gasteiger charge is 2.33. The molecule has 0 radical (unpaired) electrons. The predicted octanol–water partition coefficient (Wildman–Crippen LogP) is 0.738. The molecule has 8 heteroatoms. The van der Waals surface area contributed by atoms with Crippen molar-refractivity contribution in [3.8, 4) is 5.88 Å². The summed E-state index contributed by atoms with van der Waals surface area (Å²) >= 11 is 0. The number of ether oxygens (including phenoxy) is 1. The summed E-state index contributed by atoms with van der Waals surface area (Å²) in [4.78, 5) is 17.3. The van der Waals surface area contributed by atoms with Crippen LogP contribution < -0.4 is 4.74 Å². The minimum Gasteiger partial charge on any atom is -0.481 e. The maximum Gasteiger partial charge on any atom is 0.302 e. The van der Waals surface area contributed by atoms with Crippen molar-refractivity contribution in [1.29, 1.82) is 0 Å². The third-order valence-electron chi connectivity index (χ3n) is 3.13. The van der Waals surface area contributed by atoms with E-state index in [-0.39, 0.29) is 25.4 Å². The normalized spacial score (nSPS) is 19.4. The molecule has 1 atom stereocenters. The van der Waals surface area contributed by atoms with Crippen molar-refractivity contribution < 1.29 is 21.8 Å². The SMILES string of the molecule is COc1ncccc1CN1CC(CS(=O)(=O)F)CC1=O. The second-order valence-electron chi connectivity index (χ2n) is 4.72. The molecule has 1 amide bonds. The lowest BCUT2D eigenvalue weighted by molar-refractivity contribution is -0.128. The van der Waals surface area contributed by atoms with Gasteiger partial charge in [-0.15, -0.1) is 3.89 Å². The van der Waals surface area contributed by atoms with Crippen LogP contribution in [0.4, 0.5) is 3.89 Å². The van der Waals surface area contributed by atoms with E-state index in [9.17, 15) is 17.1 Å². The van der Waals surface area contributed by atoms with Crippen LogP contribution in [0.2, 0.25) is 0 Å². The lowest BCUT2D eigenvalue weighted by Crippen LogP contribution is -2.25. The summed E-state index contributed by atoms with van der Waals surface area (Å²) in [5.74, 6) is -0.883. The van der Waals surface area contributed by atoms with E-state index in [1.165, 1.54) is 12.0 Å². The van der Waals surface area contributed by atoms with Crippen molar-refractivity contribution >= 4 is 16.1 Å². The first-order valence-corrected chi connectivity index (χ1v) is 7.62. The molecule has 2 rings (SSSR count). The molecule has 1 aromatic heterocycles. The van der Waals surface area contributed by atoms with E-state index in [0.717, 1.165) is 5.56 Å². The second-order valence-corrected chi connectivity index (χ2v) is 6.13. The minimum absolute atomic E-state index is 0.0473. The van der Waals surface area contributed by atoms with Gasteiger partial charge in [-0.3, -0.25) is 4.79 Å². The number of likely N-dealkylation sites (tertiary alicyclic amines) is 1. The lowest BCUT2D eigenvalue weighted by Gasteiger charge is -2.17. The standard InChI is InChI=1S/C12H15FN2O4S/c1-19-12-10(3-2-4-14-12)7-15-6-9(5-11(15)16)8-20(13,17)18/h2-4,9H,5-8H2,1H3. The fraction of sp³-hybridized carbons (Fsp3) is 0.500. The molecule has 1 aliphatic rings. The van der Waals surface area contributed by atoms with Gasteiger partial charge < -0.3 is 9.64 Å². The molecule has 0 spiro atoms. The van der Waals surface area contributed by atoms with E-state index >= 15 is 0 Å². The number of amides is 1. The fourth-order valence-electron chi connectivity index (χ4n) is 2.33. The van der Waals surface area contributed by atoms with Crippen LogP contribution in [0.3, 0.4) is 0 Å². The molecule has 1 aromatic rings. The number of hydrogen-bond acceptors (Lipinski definition) is 5. The van der Waals surface area contributed by atoms with Crippen molar-refractivity contribution in [2.45, 2.75) is 13.0 Å². The molecule has 1 fully saturated rings. The summed E-state index contributed by atoms with van der Waals surface area (Å²) in [5, 5.41) is 0. The number of rotatable bonds is 5. The first-order chi connectivity index (χ1) is 9.39. The molecule has 1 unspecified atom stereocenters. The number of carbonyl (C=O) groups excluding carboxylic acids is 1. The summed E-state index contributed by atoms with van der Waals surface area (Å²) < 4.78 is 39.0. The molecule has 0 aliphatic carbocycles. The van der Waals surface area contributed by atoms with Crippen LogP contribution in [0.25, 0.3) is 0 Å². The monoisotopic (exact) mass is 302 g/mol. The van der Waals surface area contributed by atoms with Crippen LogP contribution in [0.15, 0.2) is 18.3 Å². The zero-order valence-electron chi connectivity index (χ0n) is 11.0. The summed E-state index contributed by atoms with van der Waals surface area (Å²) in [7, 11) is -3.07. The number of halogens is 1. The second kappa shape index (κ2) is 5.74. The van der Waals surface area contributed by atoms with Gasteiger partial charge in [0.2, 0.25) is 11.8 Å². The Morgan fingerprint density at radius 3 is 2.95 bits per heavy atom. The van der Waals surface area contributed by atoms with Crippen LogP contribution >= 0.6 is 0 Å². The van der Waals surface area contributed by atoms with E-state index in [4.69, 9.17) is 4.74 Å². The van der Waals surface area contributed by atoms with Crippen LogP contribution in [-0.2, 0) is 21.6 Å². The Bertz CT molecular complexity index is 605. The van der Waals surface area contributed by atoms with Crippen LogP contribution in [0.1, 0.15) is 12.0 Å². The molecule has 2 heterocycles. The van der Waals surface area contributed by atoms with Crippen LogP contribution in [0.5, 0.6) is 5.88 Å². The first-order valence-electron chi connectivity index (χ1n) is 6.07. The number of pyridine rings is 1. The van der Waals surface area contributed by atoms with Gasteiger partial charge in [-0.25, -0.2) is 4.98 Å². The predicted molar refractivity (Wildman–Crippen MR) is 69.2 cm³/mol. The topological polar surface area (TPSA) is 76.6 Å². The molecular formula is C12H15FN2O4S. The van der Waals surface area contributed by atoms with Crippen LogP contribution in [0, 0.1) is 5.92 Å². The quantitative estimate of drug-likeness (QED) is 0.750. The van der Waals surface area contributed by atoms with Gasteiger partial charge in [-0.1, -0.05) is 6.07 Å². The van der Waals surface area contributed by atoms with Gasteiger partial charge >= 0.3 is 10.2 Å². The summed E-state index contributed by atoms with van der Waals surface area (Å²) in [5.41, 5.74) is 0.729. The highest BCUT2D eigenvalue weighted by atomic mass is 32.3. The van der Waals surface area contributed by atoms with Gasteiger partial charge in [0.15, 0.2) is 0 Å². The molecule has 1 saturated heterocycles. The van der Waals surface area contributed by atoms with Crippen molar-refractivity contribution in [2.24, 2.45) is 5.92 Å². The van der Waals surface area contributed by atoms with Gasteiger partial charge in [0.05, 0.1) is 19.4 Å². The number of hydrogen-bond donors (Lipinski definition) is 0. The largest absolute Gasteiger partial charge is 0.481 e. The molecule has 1 aliphatic heterocycles. The molecule has 20 heavy (non-hydrogen) atoms. The highest BCUT2D eigenvalue weighted by Crippen LogP contribution is 2.24. The Labute approximate surface area is 116 Å². The molecule has 110 valence electrons. The third-order valence-corrected chi connectivity index (χ3v) is 4.00. The zero-order valence-corrected chi connectivity index (χ0v) is 11.8. The minimum atomic E-state index is -4.56. The number of nitrogens with zero attached hydrogens (tertiary/aromatic N) is 2. The van der Waals surface area contributed by atoms with E-state index in [2.05, 4.69) is 4.98 Å². The Morgan fingerprint density at radius 1 is 1.55 bits per heavy atom. The smallest absolute Gasteiger partial charge is 0.302 e. The molecule has 0 bridgehead atoms. The van der Waals surface area contributed by atoms with Crippen molar-refractivity contribution in [2.75, 3.05) is 19.4 Å². The molecule has 0 aromatic carbocycles. The number of carbonyl (C=O) groups is 1. The molecule has 0 N–H and O–H groups in total. The summed E-state index contributed by atoms with van der Waals surface area (Å²) in [6.07, 6.45) is 1.62. The van der Waals surface area contributed by atoms with Gasteiger partial charge in [-0.05, 0) is 6.07 Å². The van der Waals surface area contributed by atoms with Crippen molar-refractivity contribution in [1.82, 2.24) is 9.88 Å². The Hall–Kier alpha value is -1.70. The van der Waals surface area contributed by atoms with Gasteiger partial charge in [0.1, 0.15) is 0 Å². The van der Waals surface area contributed by atoms with Crippen molar-refractivity contribution in [3.05, 3.63) is 23.9 Å². The molecular weight excluding hydrogens is 287 g/mol. The fourth-order valence-corrected chi connectivity index (χ4v) is 3.12. The molecule has 0 saturated carbocycles. The number of methoxy groups -OCH3 is 1. The van der Waals surface area contributed by atoms with E-state index < -0.39 is 21.9 Å². The average Bonchev–Trinajstić information content (AvgIpc) is 2.68. The summed E-state index contributed by atoms with van der Waals surface area (Å²) in [6, 6.07) is 3.50. The van der Waals surface area contributed by atoms with Crippen LogP contribution in [-0.4, -0.2) is 43.6 Å². The van der Waals surface area contributed by atoms with Gasteiger partial charge in [-0.2, -0.15) is 8.42 Å². The van der Waals surface area contributed by atoms with Crippen molar-refractivity contribution in [3.63, 3.8) is 0 Å². The van der Waals surface area contributed by atoms with E-state index in [1.54, 1.807) is 18.3 Å². The van der Waals surface area contributed by atoms with Gasteiger partial charge in [0.25, 0.3) is 0 Å². The first kappa shape index (κ1) is 14.7. The lowest BCUT2D eigenvalue weighted by atomic mass is 10.1. The Balaban J connectivity index is 2.05. The average molecular weight is 302 g/mol. The van der Waals surface area contributed by atoms with E-state index in [0.29, 0.717) is 5.88 Å². The maximum atomic E-state index is 12.7. The Kier molecular flexibility index (Phi) is 4.22. The third kappa shape index (κ3) is 3.66.